The fourth-order valence-electron chi connectivity index (χ4n) is 10.6. The van der Waals surface area contributed by atoms with E-state index in [9.17, 15) is 0 Å². The Morgan fingerprint density at radius 1 is 0.333 bits per heavy atom. The van der Waals surface area contributed by atoms with E-state index in [1.807, 2.05) is 119 Å². The van der Waals surface area contributed by atoms with Gasteiger partial charge in [-0.05, 0) is 117 Å². The van der Waals surface area contributed by atoms with Gasteiger partial charge in [-0.3, -0.25) is 0 Å². The zero-order valence-electron chi connectivity index (χ0n) is 42.3. The topological polar surface area (TPSA) is 6.48 Å². The van der Waals surface area contributed by atoms with E-state index in [4.69, 9.17) is 0 Å². The van der Waals surface area contributed by atoms with Gasteiger partial charge in [-0.25, -0.2) is 0 Å². The minimum atomic E-state index is -5.78. The van der Waals surface area contributed by atoms with Crippen molar-refractivity contribution in [3.05, 3.63) is 204 Å². The first-order valence-corrected chi connectivity index (χ1v) is 25.5. The van der Waals surface area contributed by atoms with Gasteiger partial charge in [0.2, 0.25) is 5.41 Å². The van der Waals surface area contributed by atoms with Crippen LogP contribution in [-0.4, -0.2) is 12.4 Å². The van der Waals surface area contributed by atoms with Crippen LogP contribution in [0.2, 0.25) is 0 Å². The summed E-state index contributed by atoms with van der Waals surface area (Å²) in [5.41, 5.74) is -0.378. The van der Waals surface area contributed by atoms with Gasteiger partial charge in [0.05, 0.1) is 11.4 Å². The SMILES string of the molecule is CCCCCCC(C)(C)c1ccc(N(c2ccc(C(c3ccc(N(c4ccc(C(C)(C)CCCCC)cc4)c4cccc5ccccc45)cc3)(C(F)(F)F)C(F)(F)F)cc2)c2cccc3ccccc23)cc1. The van der Waals surface area contributed by atoms with Crippen molar-refractivity contribution >= 4 is 55.7 Å². The van der Waals surface area contributed by atoms with E-state index in [1.54, 1.807) is 0 Å². The summed E-state index contributed by atoms with van der Waals surface area (Å²) in [6.45, 7) is 13.3. The number of halogens is 6. The number of hydrogen-bond acceptors (Lipinski definition) is 2. The molecular formula is C64H66F6N2. The first-order valence-electron chi connectivity index (χ1n) is 25.5. The van der Waals surface area contributed by atoms with Crippen LogP contribution < -0.4 is 9.80 Å². The van der Waals surface area contributed by atoms with Gasteiger partial charge in [0, 0.05) is 33.5 Å². The van der Waals surface area contributed by atoms with Crippen LogP contribution in [0.4, 0.5) is 60.5 Å². The van der Waals surface area contributed by atoms with Crippen LogP contribution in [0.1, 0.15) is 122 Å². The molecule has 0 aromatic heterocycles. The summed E-state index contributed by atoms with van der Waals surface area (Å²) in [4.78, 5) is 3.81. The largest absolute Gasteiger partial charge is 0.411 e. The van der Waals surface area contributed by atoms with E-state index in [0.29, 0.717) is 11.4 Å². The highest BCUT2D eigenvalue weighted by Crippen LogP contribution is 2.57. The minimum Gasteiger partial charge on any atom is -0.310 e. The van der Waals surface area contributed by atoms with E-state index >= 15 is 26.3 Å². The smallest absolute Gasteiger partial charge is 0.310 e. The van der Waals surface area contributed by atoms with Crippen molar-refractivity contribution in [2.45, 2.75) is 128 Å². The maximum Gasteiger partial charge on any atom is 0.411 e. The van der Waals surface area contributed by atoms with E-state index in [-0.39, 0.29) is 10.8 Å². The second-order valence-electron chi connectivity index (χ2n) is 20.6. The van der Waals surface area contributed by atoms with Gasteiger partial charge in [-0.1, -0.05) is 208 Å². The fraction of sp³-hybridized carbons (Fsp3) is 0.312. The molecule has 0 spiro atoms. The molecule has 0 fully saturated rings. The number of unbranched alkanes of at least 4 members (excludes halogenated alkanes) is 5. The molecule has 0 amide bonds. The summed E-state index contributed by atoms with van der Waals surface area (Å²) in [6.07, 6.45) is -1.58. The molecule has 8 aromatic carbocycles. The Bertz CT molecular complexity index is 3020. The number of alkyl halides is 6. The second-order valence-corrected chi connectivity index (χ2v) is 20.6. The van der Waals surface area contributed by atoms with E-state index in [1.165, 1.54) is 30.7 Å². The van der Waals surface area contributed by atoms with Crippen molar-refractivity contribution in [2.75, 3.05) is 9.80 Å². The van der Waals surface area contributed by atoms with Gasteiger partial charge >= 0.3 is 12.4 Å². The molecule has 374 valence electrons. The number of nitrogens with zero attached hydrogens (tertiary/aromatic N) is 2. The van der Waals surface area contributed by atoms with Crippen LogP contribution in [0.25, 0.3) is 21.5 Å². The van der Waals surface area contributed by atoms with Crippen molar-refractivity contribution < 1.29 is 26.3 Å². The predicted molar refractivity (Wildman–Crippen MR) is 289 cm³/mol. The third-order valence-corrected chi connectivity index (χ3v) is 14.9. The first-order chi connectivity index (χ1) is 34.4. The molecule has 0 unspecified atom stereocenters. The number of fused-ring (bicyclic) bond motifs is 2. The molecule has 0 aliphatic heterocycles. The average Bonchev–Trinajstić information content (AvgIpc) is 3.36. The van der Waals surface area contributed by atoms with Crippen molar-refractivity contribution in [2.24, 2.45) is 0 Å². The van der Waals surface area contributed by atoms with Gasteiger partial charge < -0.3 is 9.80 Å². The van der Waals surface area contributed by atoms with Gasteiger partial charge in [-0.2, -0.15) is 26.3 Å². The first kappa shape index (κ1) is 51.8. The molecule has 0 atom stereocenters. The Kier molecular flexibility index (Phi) is 15.3. The van der Waals surface area contributed by atoms with Crippen molar-refractivity contribution in [3.63, 3.8) is 0 Å². The van der Waals surface area contributed by atoms with Crippen LogP contribution in [0, 0.1) is 0 Å². The predicted octanol–water partition coefficient (Wildman–Crippen LogP) is 20.4. The summed E-state index contributed by atoms with van der Waals surface area (Å²) >= 11 is 0. The molecule has 8 rings (SSSR count). The lowest BCUT2D eigenvalue weighted by atomic mass is 9.72. The van der Waals surface area contributed by atoms with Crippen molar-refractivity contribution in [1.29, 1.82) is 0 Å². The van der Waals surface area contributed by atoms with Crippen molar-refractivity contribution in [3.8, 4) is 0 Å². The van der Waals surface area contributed by atoms with E-state index < -0.39 is 28.9 Å². The highest BCUT2D eigenvalue weighted by atomic mass is 19.4. The lowest BCUT2D eigenvalue weighted by Crippen LogP contribution is -2.54. The quantitative estimate of drug-likeness (QED) is 0.0588. The van der Waals surface area contributed by atoms with Crippen LogP contribution in [0.3, 0.4) is 0 Å². The Labute approximate surface area is 422 Å². The van der Waals surface area contributed by atoms with Gasteiger partial charge in [0.15, 0.2) is 0 Å². The van der Waals surface area contributed by atoms with E-state index in [2.05, 4.69) is 65.8 Å². The summed E-state index contributed by atoms with van der Waals surface area (Å²) in [5.74, 6) is 0. The third kappa shape index (κ3) is 10.4. The summed E-state index contributed by atoms with van der Waals surface area (Å²) < 4.78 is 95.5. The average molecular weight is 977 g/mol. The summed E-state index contributed by atoms with van der Waals surface area (Å²) in [7, 11) is 0. The van der Waals surface area contributed by atoms with Gasteiger partial charge in [0.1, 0.15) is 0 Å². The zero-order chi connectivity index (χ0) is 51.3. The number of benzene rings is 8. The molecule has 8 heteroatoms. The number of hydrogen-bond donors (Lipinski definition) is 0. The summed E-state index contributed by atoms with van der Waals surface area (Å²) in [6, 6.07) is 52.9. The molecular weight excluding hydrogens is 911 g/mol. The molecule has 0 aliphatic carbocycles. The molecule has 0 saturated carbocycles. The Morgan fingerprint density at radius 2 is 0.639 bits per heavy atom. The van der Waals surface area contributed by atoms with Crippen LogP contribution >= 0.6 is 0 Å². The number of anilines is 6. The maximum absolute atomic E-state index is 15.9. The molecule has 0 bridgehead atoms. The van der Waals surface area contributed by atoms with Crippen molar-refractivity contribution in [1.82, 2.24) is 0 Å². The third-order valence-electron chi connectivity index (χ3n) is 14.9. The molecule has 8 aromatic rings. The Hall–Kier alpha value is -6.54. The van der Waals surface area contributed by atoms with Crippen LogP contribution in [-0.2, 0) is 16.2 Å². The standard InChI is InChI=1S/C64H66F6N2/c1-7-9-11-17-45-61(5,6)49-30-38-53(39-31-49)72(59-27-19-23-47-21-13-15-25-57(47)59)55-42-34-51(35-43-55)62(63(65,66)67,64(68,69)70)50-32-40-54(41-33-50)71(58-26-18-22-46-20-12-14-24-56(46)58)52-36-28-48(29-37-52)60(3,4)44-16-10-8-2/h12-15,18-43H,7-11,16-17,44-45H2,1-6H3. The lowest BCUT2D eigenvalue weighted by molar-refractivity contribution is -0.288. The monoisotopic (exact) mass is 977 g/mol. The molecule has 0 saturated heterocycles. The molecule has 72 heavy (non-hydrogen) atoms. The second kappa shape index (κ2) is 21.3. The molecule has 0 aliphatic rings. The Balaban J connectivity index is 1.21. The zero-order valence-corrected chi connectivity index (χ0v) is 42.3. The molecule has 0 radical (unpaired) electrons. The maximum atomic E-state index is 15.9. The minimum absolute atomic E-state index is 0.0967. The number of rotatable bonds is 19. The fourth-order valence-corrected chi connectivity index (χ4v) is 10.6. The highest BCUT2D eigenvalue weighted by molar-refractivity contribution is 6.00. The Morgan fingerprint density at radius 3 is 0.986 bits per heavy atom. The molecule has 0 heterocycles. The van der Waals surface area contributed by atoms with Gasteiger partial charge in [0.25, 0.3) is 0 Å². The summed E-state index contributed by atoms with van der Waals surface area (Å²) in [5, 5.41) is 3.64. The molecule has 2 nitrogen and oxygen atoms in total. The normalized spacial score (nSPS) is 12.7. The van der Waals surface area contributed by atoms with Crippen LogP contribution in [0.15, 0.2) is 182 Å². The highest BCUT2D eigenvalue weighted by Gasteiger charge is 2.72. The molecule has 0 N–H and O–H groups in total. The van der Waals surface area contributed by atoms with Crippen LogP contribution in [0.5, 0.6) is 0 Å². The van der Waals surface area contributed by atoms with Gasteiger partial charge in [-0.15, -0.1) is 0 Å². The van der Waals surface area contributed by atoms with E-state index in [0.717, 1.165) is 131 Å². The lowest BCUT2D eigenvalue weighted by Gasteiger charge is -2.39.